The molecule has 0 unspecified atom stereocenters. The van der Waals surface area contributed by atoms with Gasteiger partial charge in [-0.2, -0.15) is 0 Å². The lowest BCUT2D eigenvalue weighted by Gasteiger charge is -2.37. The minimum atomic E-state index is 0.227. The van der Waals surface area contributed by atoms with E-state index in [1.807, 2.05) is 24.4 Å². The van der Waals surface area contributed by atoms with Crippen molar-refractivity contribution in [3.8, 4) is 18.1 Å². The number of nitrogens with zero attached hydrogens (tertiary/aromatic N) is 1. The van der Waals surface area contributed by atoms with Crippen LogP contribution >= 0.6 is 15.9 Å². The normalized spacial score (nSPS) is 20.7. The third-order valence-corrected chi connectivity index (χ3v) is 6.90. The van der Waals surface area contributed by atoms with Crippen LogP contribution in [-0.4, -0.2) is 12.8 Å². The van der Waals surface area contributed by atoms with Crippen molar-refractivity contribution in [1.82, 2.24) is 0 Å². The number of rotatable bonds is 5. The number of ether oxygens (including phenoxy) is 1. The molecule has 1 heterocycles. The number of nitrogens with one attached hydrogen (secondary N) is 1. The highest BCUT2D eigenvalue weighted by Crippen LogP contribution is 2.50. The highest BCUT2D eigenvalue weighted by atomic mass is 79.9. The van der Waals surface area contributed by atoms with E-state index in [9.17, 15) is 0 Å². The molecule has 0 bridgehead atoms. The third kappa shape index (κ3) is 4.47. The van der Waals surface area contributed by atoms with Crippen LogP contribution in [0.3, 0.4) is 0 Å². The second-order valence-electron chi connectivity index (χ2n) is 8.59. The number of fused-ring (bicyclic) bond motifs is 3. The summed E-state index contributed by atoms with van der Waals surface area (Å²) in [4.78, 5) is 4.67. The van der Waals surface area contributed by atoms with Crippen molar-refractivity contribution < 1.29 is 4.74 Å². The molecule has 3 atom stereocenters. The Balaban J connectivity index is 1.37. The fraction of sp³-hybridized carbons (Fsp3) is 0.207. The lowest BCUT2D eigenvalue weighted by Crippen LogP contribution is -2.29. The first kappa shape index (κ1) is 21.6. The molecule has 3 nitrogen and oxygen atoms in total. The quantitative estimate of drug-likeness (QED) is 0.227. The average molecular weight is 497 g/mol. The van der Waals surface area contributed by atoms with Gasteiger partial charge in [0.2, 0.25) is 0 Å². The second kappa shape index (κ2) is 9.29. The summed E-state index contributed by atoms with van der Waals surface area (Å²) in [6.45, 7) is 2.39. The first-order valence-corrected chi connectivity index (χ1v) is 12.0. The molecule has 4 heteroatoms. The minimum absolute atomic E-state index is 0.227. The highest BCUT2D eigenvalue weighted by molar-refractivity contribution is 9.10. The Labute approximate surface area is 203 Å². The lowest BCUT2D eigenvalue weighted by atomic mass is 9.76. The van der Waals surface area contributed by atoms with Crippen molar-refractivity contribution in [3.63, 3.8) is 0 Å². The van der Waals surface area contributed by atoms with Crippen LogP contribution in [0, 0.1) is 25.2 Å². The number of benzene rings is 3. The van der Waals surface area contributed by atoms with Crippen LogP contribution in [0.2, 0.25) is 0 Å². The molecule has 5 rings (SSSR count). The number of aryl methyl sites for hydroxylation is 1. The number of anilines is 1. The van der Waals surface area contributed by atoms with Gasteiger partial charge in [0, 0.05) is 27.9 Å². The second-order valence-corrected chi connectivity index (χ2v) is 9.51. The van der Waals surface area contributed by atoms with E-state index in [1.54, 1.807) is 0 Å². The van der Waals surface area contributed by atoms with Crippen molar-refractivity contribution in [2.75, 3.05) is 11.9 Å². The van der Waals surface area contributed by atoms with Crippen molar-refractivity contribution in [2.24, 2.45) is 10.9 Å². The smallest absolute Gasteiger partial charge is 0.148 e. The van der Waals surface area contributed by atoms with Crippen LogP contribution in [0.15, 0.2) is 82.3 Å². The molecule has 1 aliphatic heterocycles. The predicted octanol–water partition coefficient (Wildman–Crippen LogP) is 7.35. The summed E-state index contributed by atoms with van der Waals surface area (Å²) in [5.41, 5.74) is 7.05. The van der Waals surface area contributed by atoms with Crippen LogP contribution in [0.4, 0.5) is 11.4 Å². The molecule has 1 aliphatic carbocycles. The van der Waals surface area contributed by atoms with Gasteiger partial charge < -0.3 is 10.1 Å². The molecule has 164 valence electrons. The van der Waals surface area contributed by atoms with E-state index in [0.29, 0.717) is 11.8 Å². The number of hydrogen-bond acceptors (Lipinski definition) is 3. The average Bonchev–Trinajstić information content (AvgIpc) is 3.32. The van der Waals surface area contributed by atoms with Gasteiger partial charge in [-0.25, -0.2) is 0 Å². The van der Waals surface area contributed by atoms with Gasteiger partial charge in [-0.1, -0.05) is 63.8 Å². The van der Waals surface area contributed by atoms with Gasteiger partial charge in [-0.05, 0) is 66.8 Å². The topological polar surface area (TPSA) is 33.6 Å². The first-order chi connectivity index (χ1) is 16.1. The largest absolute Gasteiger partial charge is 0.480 e. The maximum absolute atomic E-state index is 5.64. The van der Waals surface area contributed by atoms with Crippen LogP contribution in [0.25, 0.3) is 0 Å². The Morgan fingerprint density at radius 2 is 2.00 bits per heavy atom. The highest BCUT2D eigenvalue weighted by Gasteiger charge is 2.37. The predicted molar refractivity (Wildman–Crippen MR) is 140 cm³/mol. The van der Waals surface area contributed by atoms with E-state index in [4.69, 9.17) is 11.2 Å². The fourth-order valence-electron chi connectivity index (χ4n) is 4.83. The van der Waals surface area contributed by atoms with E-state index in [1.165, 1.54) is 22.4 Å². The Kier molecular flexibility index (Phi) is 6.07. The van der Waals surface area contributed by atoms with Gasteiger partial charge in [0.15, 0.2) is 0 Å². The van der Waals surface area contributed by atoms with E-state index in [-0.39, 0.29) is 12.6 Å². The van der Waals surface area contributed by atoms with Gasteiger partial charge in [0.25, 0.3) is 0 Å². The maximum atomic E-state index is 5.64. The van der Waals surface area contributed by atoms with Gasteiger partial charge in [-0.15, -0.1) is 6.42 Å². The molecule has 1 N–H and O–H groups in total. The molecule has 0 saturated carbocycles. The maximum Gasteiger partial charge on any atom is 0.148 e. The molecule has 2 aliphatic rings. The number of halogens is 1. The van der Waals surface area contributed by atoms with Crippen molar-refractivity contribution in [3.05, 3.63) is 99.5 Å². The Morgan fingerprint density at radius 3 is 2.82 bits per heavy atom. The summed E-state index contributed by atoms with van der Waals surface area (Å²) in [5.74, 6) is 4.23. The van der Waals surface area contributed by atoms with Crippen molar-refractivity contribution in [2.45, 2.75) is 25.3 Å². The molecule has 0 fully saturated rings. The summed E-state index contributed by atoms with van der Waals surface area (Å²) >= 11 is 3.51. The van der Waals surface area contributed by atoms with Crippen LogP contribution in [-0.2, 0) is 0 Å². The number of allylic oxidation sites excluding steroid dienone is 2. The number of aliphatic imine (C=N–C) groups is 1. The van der Waals surface area contributed by atoms with E-state index in [2.05, 4.69) is 93.7 Å². The third-order valence-electron chi connectivity index (χ3n) is 6.41. The van der Waals surface area contributed by atoms with Gasteiger partial charge >= 0.3 is 0 Å². The molecule has 3 aromatic carbocycles. The SMILES string of the molecule is C#CCOc1ccc(Br)cc1C=Nc1ccc([C@@H]2Nc3ccc(C)cc3[C@@H]3C=CC[C@@H]32)cc1. The lowest BCUT2D eigenvalue weighted by molar-refractivity contribution is 0.370. The summed E-state index contributed by atoms with van der Waals surface area (Å²) in [6.07, 6.45) is 13.0. The van der Waals surface area contributed by atoms with Gasteiger partial charge in [0.05, 0.1) is 11.7 Å². The summed E-state index contributed by atoms with van der Waals surface area (Å²) < 4.78 is 6.61. The van der Waals surface area contributed by atoms with Crippen molar-refractivity contribution in [1.29, 1.82) is 0 Å². The summed E-state index contributed by atoms with van der Waals surface area (Å²) in [7, 11) is 0. The van der Waals surface area contributed by atoms with Crippen LogP contribution < -0.4 is 10.1 Å². The molecule has 33 heavy (non-hydrogen) atoms. The molecule has 3 aromatic rings. The zero-order valence-electron chi connectivity index (χ0n) is 18.5. The minimum Gasteiger partial charge on any atom is -0.480 e. The Hall–Kier alpha value is -3.29. The fourth-order valence-corrected chi connectivity index (χ4v) is 5.21. The summed E-state index contributed by atoms with van der Waals surface area (Å²) in [6, 6.07) is 21.4. The molecular formula is C29H25BrN2O. The first-order valence-electron chi connectivity index (χ1n) is 11.2. The standard InChI is InChI=1S/C29H25BrN2O/c1-3-15-33-28-14-10-22(30)17-21(28)18-31-23-11-8-20(9-12-23)29-25-6-4-5-24(25)26-16-19(2)7-13-27(26)32-29/h1,4-5,7-14,16-18,24-25,29,32H,6,15H2,2H3/t24-,25+,29+/m1/s1. The summed E-state index contributed by atoms with van der Waals surface area (Å²) in [5, 5.41) is 3.81. The molecule has 0 aromatic heterocycles. The monoisotopic (exact) mass is 496 g/mol. The molecule has 0 saturated heterocycles. The van der Waals surface area contributed by atoms with E-state index >= 15 is 0 Å². The van der Waals surface area contributed by atoms with Crippen LogP contribution in [0.5, 0.6) is 5.75 Å². The van der Waals surface area contributed by atoms with Crippen LogP contribution in [0.1, 0.15) is 40.6 Å². The van der Waals surface area contributed by atoms with Gasteiger partial charge in [-0.3, -0.25) is 4.99 Å². The number of hydrogen-bond donors (Lipinski definition) is 1. The molecule has 0 amide bonds. The Morgan fingerprint density at radius 1 is 1.15 bits per heavy atom. The van der Waals surface area contributed by atoms with E-state index < -0.39 is 0 Å². The molecule has 0 radical (unpaired) electrons. The van der Waals surface area contributed by atoms with Gasteiger partial charge in [0.1, 0.15) is 12.4 Å². The Bertz CT molecular complexity index is 1270. The van der Waals surface area contributed by atoms with Crippen molar-refractivity contribution >= 4 is 33.5 Å². The zero-order chi connectivity index (χ0) is 22.8. The molecular weight excluding hydrogens is 472 g/mol. The molecule has 0 spiro atoms. The van der Waals surface area contributed by atoms with E-state index in [0.717, 1.165) is 27.9 Å². The zero-order valence-corrected chi connectivity index (χ0v) is 20.0. The number of terminal acetylenes is 1.